The second-order valence-corrected chi connectivity index (χ2v) is 7.16. The molecule has 0 fully saturated rings. The largest absolute Gasteiger partial charge is 0.380 e. The highest BCUT2D eigenvalue weighted by atomic mass is 35.5. The Balaban J connectivity index is 3.09. The number of terminal acetylenes is 1. The Morgan fingerprint density at radius 3 is 2.77 bits per heavy atom. The standard InChI is InChI=1S/C19H27ClO2/c1-6-16(21)15-10-9-14(3)18(19(15,4)5)17(22)12-13(2)8-7-11-20/h1,12,15-16,21H,7-11H2,2-5H3/b13-12+. The van der Waals surface area contributed by atoms with Gasteiger partial charge >= 0.3 is 0 Å². The first-order valence-corrected chi connectivity index (χ1v) is 8.41. The van der Waals surface area contributed by atoms with Gasteiger partial charge in [-0.3, -0.25) is 4.79 Å². The van der Waals surface area contributed by atoms with Crippen LogP contribution >= 0.6 is 11.6 Å². The predicted molar refractivity (Wildman–Crippen MR) is 92.8 cm³/mol. The summed E-state index contributed by atoms with van der Waals surface area (Å²) in [4.78, 5) is 12.8. The maximum absolute atomic E-state index is 12.8. The Morgan fingerprint density at radius 1 is 1.59 bits per heavy atom. The number of hydrogen-bond acceptors (Lipinski definition) is 2. The van der Waals surface area contributed by atoms with Crippen molar-refractivity contribution in [2.45, 2.75) is 59.5 Å². The lowest BCUT2D eigenvalue weighted by Crippen LogP contribution is -2.40. The fourth-order valence-electron chi connectivity index (χ4n) is 3.50. The summed E-state index contributed by atoms with van der Waals surface area (Å²) >= 11 is 5.70. The highest BCUT2D eigenvalue weighted by Crippen LogP contribution is 2.46. The van der Waals surface area contributed by atoms with Crippen molar-refractivity contribution in [3.05, 3.63) is 22.8 Å². The van der Waals surface area contributed by atoms with E-state index in [9.17, 15) is 9.90 Å². The van der Waals surface area contributed by atoms with Crippen LogP contribution in [0, 0.1) is 23.7 Å². The van der Waals surface area contributed by atoms with Gasteiger partial charge in [0, 0.05) is 17.4 Å². The van der Waals surface area contributed by atoms with E-state index in [1.807, 2.05) is 27.7 Å². The summed E-state index contributed by atoms with van der Waals surface area (Å²) in [6.45, 7) is 7.99. The summed E-state index contributed by atoms with van der Waals surface area (Å²) in [7, 11) is 0. The molecule has 0 aromatic rings. The van der Waals surface area contributed by atoms with E-state index in [-0.39, 0.29) is 11.7 Å². The van der Waals surface area contributed by atoms with E-state index in [4.69, 9.17) is 18.0 Å². The van der Waals surface area contributed by atoms with E-state index < -0.39 is 11.5 Å². The van der Waals surface area contributed by atoms with Gasteiger partial charge in [-0.1, -0.05) is 30.9 Å². The van der Waals surface area contributed by atoms with Crippen molar-refractivity contribution in [2.75, 3.05) is 5.88 Å². The number of carbonyl (C=O) groups is 1. The van der Waals surface area contributed by atoms with Crippen LogP contribution in [-0.4, -0.2) is 22.9 Å². The van der Waals surface area contributed by atoms with Crippen LogP contribution in [0.4, 0.5) is 0 Å². The molecule has 3 heteroatoms. The second-order valence-electron chi connectivity index (χ2n) is 6.78. The average Bonchev–Trinajstić information content (AvgIpc) is 2.43. The Morgan fingerprint density at radius 2 is 2.23 bits per heavy atom. The van der Waals surface area contributed by atoms with E-state index in [0.717, 1.165) is 42.4 Å². The Hall–Kier alpha value is -1.04. The molecule has 0 aromatic carbocycles. The number of aliphatic hydroxyl groups excluding tert-OH is 1. The molecule has 2 atom stereocenters. The van der Waals surface area contributed by atoms with E-state index in [2.05, 4.69) is 5.92 Å². The maximum Gasteiger partial charge on any atom is 0.182 e. The number of carbonyl (C=O) groups excluding carboxylic acids is 1. The van der Waals surface area contributed by atoms with Gasteiger partial charge < -0.3 is 5.11 Å². The minimum atomic E-state index is -0.813. The van der Waals surface area contributed by atoms with Gasteiger partial charge in [-0.25, -0.2) is 0 Å². The van der Waals surface area contributed by atoms with Crippen molar-refractivity contribution in [3.63, 3.8) is 0 Å². The number of alkyl halides is 1. The van der Waals surface area contributed by atoms with Crippen LogP contribution < -0.4 is 0 Å². The first kappa shape index (κ1) is 19.0. The topological polar surface area (TPSA) is 37.3 Å². The van der Waals surface area contributed by atoms with Gasteiger partial charge in [-0.15, -0.1) is 18.0 Å². The molecular formula is C19H27ClO2. The van der Waals surface area contributed by atoms with Crippen molar-refractivity contribution in [3.8, 4) is 12.3 Å². The van der Waals surface area contributed by atoms with E-state index in [1.165, 1.54) is 0 Å². The molecule has 1 aliphatic rings. The van der Waals surface area contributed by atoms with Gasteiger partial charge in [-0.2, -0.15) is 0 Å². The zero-order valence-electron chi connectivity index (χ0n) is 14.1. The van der Waals surface area contributed by atoms with Gasteiger partial charge in [-0.05, 0) is 51.0 Å². The Bertz CT molecular complexity index is 520. The molecule has 0 aromatic heterocycles. The molecule has 1 rings (SSSR count). The van der Waals surface area contributed by atoms with Crippen LogP contribution in [0.15, 0.2) is 22.8 Å². The zero-order chi connectivity index (χ0) is 16.9. The van der Waals surface area contributed by atoms with Crippen molar-refractivity contribution in [1.82, 2.24) is 0 Å². The highest BCUT2D eigenvalue weighted by Gasteiger charge is 2.42. The van der Waals surface area contributed by atoms with Crippen LogP contribution in [0.3, 0.4) is 0 Å². The average molecular weight is 323 g/mol. The minimum absolute atomic E-state index is 0.0449. The van der Waals surface area contributed by atoms with Crippen molar-refractivity contribution in [2.24, 2.45) is 11.3 Å². The molecular weight excluding hydrogens is 296 g/mol. The fourth-order valence-corrected chi connectivity index (χ4v) is 3.64. The number of rotatable bonds is 6. The molecule has 1 aliphatic carbocycles. The monoisotopic (exact) mass is 322 g/mol. The van der Waals surface area contributed by atoms with Crippen LogP contribution in [-0.2, 0) is 4.79 Å². The molecule has 0 saturated carbocycles. The SMILES string of the molecule is C#CC(O)C1CCC(C)=C(C(=O)/C=C(\C)CCCCl)C1(C)C. The summed E-state index contributed by atoms with van der Waals surface area (Å²) in [6, 6.07) is 0. The maximum atomic E-state index is 12.8. The Labute approximate surface area is 139 Å². The number of hydrogen-bond donors (Lipinski definition) is 1. The summed E-state index contributed by atoms with van der Waals surface area (Å²) in [6.07, 6.45) is 9.62. The minimum Gasteiger partial charge on any atom is -0.380 e. The van der Waals surface area contributed by atoms with Gasteiger partial charge in [0.05, 0.1) is 0 Å². The smallest absolute Gasteiger partial charge is 0.182 e. The fraction of sp³-hybridized carbons (Fsp3) is 0.632. The third kappa shape index (κ3) is 4.24. The van der Waals surface area contributed by atoms with E-state index >= 15 is 0 Å². The second kappa shape index (κ2) is 7.99. The molecule has 1 N–H and O–H groups in total. The van der Waals surface area contributed by atoms with Gasteiger partial charge in [0.15, 0.2) is 5.78 Å². The third-order valence-electron chi connectivity index (χ3n) is 4.71. The highest BCUT2D eigenvalue weighted by molar-refractivity contribution is 6.17. The van der Waals surface area contributed by atoms with E-state index in [1.54, 1.807) is 6.08 Å². The lowest BCUT2D eigenvalue weighted by atomic mass is 9.62. The van der Waals surface area contributed by atoms with Crippen molar-refractivity contribution >= 4 is 17.4 Å². The van der Waals surface area contributed by atoms with Crippen LogP contribution in [0.1, 0.15) is 53.4 Å². The molecule has 122 valence electrons. The zero-order valence-corrected chi connectivity index (χ0v) is 14.8. The van der Waals surface area contributed by atoms with Crippen molar-refractivity contribution < 1.29 is 9.90 Å². The summed E-state index contributed by atoms with van der Waals surface area (Å²) in [5.74, 6) is 2.98. The summed E-state index contributed by atoms with van der Waals surface area (Å²) in [5, 5.41) is 10.1. The molecule has 0 spiro atoms. The lowest BCUT2D eigenvalue weighted by Gasteiger charge is -2.42. The molecule has 0 amide bonds. The van der Waals surface area contributed by atoms with Crippen LogP contribution in [0.2, 0.25) is 0 Å². The molecule has 0 heterocycles. The van der Waals surface area contributed by atoms with Gasteiger partial charge in [0.1, 0.15) is 6.10 Å². The molecule has 22 heavy (non-hydrogen) atoms. The molecule has 2 nitrogen and oxygen atoms in total. The normalized spacial score (nSPS) is 23.1. The molecule has 0 radical (unpaired) electrons. The number of allylic oxidation sites excluding steroid dienone is 4. The first-order valence-electron chi connectivity index (χ1n) is 7.87. The van der Waals surface area contributed by atoms with Gasteiger partial charge in [0.2, 0.25) is 0 Å². The number of ketones is 1. The van der Waals surface area contributed by atoms with Crippen LogP contribution in [0.25, 0.3) is 0 Å². The van der Waals surface area contributed by atoms with Gasteiger partial charge in [0.25, 0.3) is 0 Å². The lowest BCUT2D eigenvalue weighted by molar-refractivity contribution is -0.113. The van der Waals surface area contributed by atoms with Crippen molar-refractivity contribution in [1.29, 1.82) is 0 Å². The van der Waals surface area contributed by atoms with E-state index in [0.29, 0.717) is 5.88 Å². The predicted octanol–water partition coefficient (Wildman–Crippen LogP) is 4.27. The molecule has 0 saturated heterocycles. The summed E-state index contributed by atoms with van der Waals surface area (Å²) < 4.78 is 0. The van der Waals surface area contributed by atoms with Crippen LogP contribution in [0.5, 0.6) is 0 Å². The first-order chi connectivity index (χ1) is 10.3. The quantitative estimate of drug-likeness (QED) is 0.450. The third-order valence-corrected chi connectivity index (χ3v) is 4.98. The molecule has 0 bridgehead atoms. The number of halogens is 1. The Kier molecular flexibility index (Phi) is 6.91. The summed E-state index contributed by atoms with van der Waals surface area (Å²) in [5.41, 5.74) is 2.54. The molecule has 0 aliphatic heterocycles. The molecule has 2 unspecified atom stereocenters. The number of aliphatic hydroxyl groups is 1.